The van der Waals surface area contributed by atoms with Gasteiger partial charge in [0.25, 0.3) is 0 Å². The third kappa shape index (κ3) is 1.93. The molecular formula is C14H20O. The Balaban J connectivity index is 2.34. The second-order valence-electron chi connectivity index (χ2n) is 4.94. The lowest BCUT2D eigenvalue weighted by molar-refractivity contribution is -0.0470. The van der Waals surface area contributed by atoms with E-state index in [4.69, 9.17) is 0 Å². The van der Waals surface area contributed by atoms with Crippen LogP contribution in [0.1, 0.15) is 43.7 Å². The van der Waals surface area contributed by atoms with Gasteiger partial charge in [-0.2, -0.15) is 0 Å². The summed E-state index contributed by atoms with van der Waals surface area (Å²) in [6.07, 6.45) is 4.46. The molecule has 1 saturated carbocycles. The fourth-order valence-electron chi connectivity index (χ4n) is 2.67. The molecule has 2 unspecified atom stereocenters. The van der Waals surface area contributed by atoms with E-state index in [1.165, 1.54) is 12.0 Å². The molecule has 2 rings (SSSR count). The van der Waals surface area contributed by atoms with Crippen molar-refractivity contribution in [2.45, 2.75) is 45.1 Å². The summed E-state index contributed by atoms with van der Waals surface area (Å²) >= 11 is 0. The van der Waals surface area contributed by atoms with Gasteiger partial charge in [-0.3, -0.25) is 0 Å². The maximum Gasteiger partial charge on any atom is 0.0922 e. The topological polar surface area (TPSA) is 20.2 Å². The van der Waals surface area contributed by atoms with Crippen molar-refractivity contribution in [1.82, 2.24) is 0 Å². The molecule has 0 heterocycles. The van der Waals surface area contributed by atoms with Crippen LogP contribution in [0.4, 0.5) is 0 Å². The molecule has 0 aromatic heterocycles. The fourth-order valence-corrected chi connectivity index (χ4v) is 2.67. The molecule has 1 N–H and O–H groups in total. The number of benzene rings is 1. The fraction of sp³-hybridized carbons (Fsp3) is 0.571. The highest BCUT2D eigenvalue weighted by atomic mass is 16.3. The molecule has 0 radical (unpaired) electrons. The van der Waals surface area contributed by atoms with Gasteiger partial charge in [-0.15, -0.1) is 0 Å². The smallest absolute Gasteiger partial charge is 0.0922 e. The molecule has 1 heteroatoms. The van der Waals surface area contributed by atoms with Crippen LogP contribution in [0.25, 0.3) is 0 Å². The second-order valence-corrected chi connectivity index (χ2v) is 4.94. The molecule has 0 amide bonds. The molecule has 1 aromatic rings. The predicted molar refractivity (Wildman–Crippen MR) is 62.7 cm³/mol. The lowest BCUT2D eigenvalue weighted by Gasteiger charge is -2.38. The van der Waals surface area contributed by atoms with E-state index in [0.717, 1.165) is 24.8 Å². The zero-order chi connectivity index (χ0) is 10.9. The lowest BCUT2D eigenvalue weighted by Crippen LogP contribution is -2.36. The number of aryl methyl sites for hydroxylation is 1. The number of hydrogen-bond acceptors (Lipinski definition) is 1. The van der Waals surface area contributed by atoms with Crippen LogP contribution < -0.4 is 0 Å². The Morgan fingerprint density at radius 3 is 2.80 bits per heavy atom. The van der Waals surface area contributed by atoms with Crippen LogP contribution in [0, 0.1) is 12.8 Å². The van der Waals surface area contributed by atoms with Gasteiger partial charge in [0.1, 0.15) is 0 Å². The minimum Gasteiger partial charge on any atom is -0.385 e. The monoisotopic (exact) mass is 204 g/mol. The predicted octanol–water partition coefficient (Wildman–Crippen LogP) is 3.39. The molecule has 1 aliphatic rings. The van der Waals surface area contributed by atoms with Crippen molar-refractivity contribution in [2.75, 3.05) is 0 Å². The largest absolute Gasteiger partial charge is 0.385 e. The van der Waals surface area contributed by atoms with Crippen molar-refractivity contribution < 1.29 is 5.11 Å². The third-order valence-corrected chi connectivity index (χ3v) is 3.78. The zero-order valence-corrected chi connectivity index (χ0v) is 9.66. The number of aliphatic hydroxyl groups is 1. The second kappa shape index (κ2) is 3.97. The van der Waals surface area contributed by atoms with Crippen molar-refractivity contribution in [1.29, 1.82) is 0 Å². The molecule has 0 spiro atoms. The van der Waals surface area contributed by atoms with Gasteiger partial charge in [-0.1, -0.05) is 49.6 Å². The normalized spacial score (nSPS) is 31.5. The molecule has 1 aliphatic carbocycles. The molecule has 15 heavy (non-hydrogen) atoms. The van der Waals surface area contributed by atoms with E-state index in [1.807, 2.05) is 6.07 Å². The summed E-state index contributed by atoms with van der Waals surface area (Å²) in [5, 5.41) is 10.7. The molecular weight excluding hydrogens is 184 g/mol. The Labute approximate surface area is 92.1 Å². The van der Waals surface area contributed by atoms with E-state index >= 15 is 0 Å². The van der Waals surface area contributed by atoms with Crippen LogP contribution in [0.15, 0.2) is 24.3 Å². The van der Waals surface area contributed by atoms with Crippen LogP contribution in [0.3, 0.4) is 0 Å². The average molecular weight is 204 g/mol. The Hall–Kier alpha value is -0.820. The first kappa shape index (κ1) is 10.7. The zero-order valence-electron chi connectivity index (χ0n) is 9.66. The van der Waals surface area contributed by atoms with Crippen LogP contribution in [0.2, 0.25) is 0 Å². The van der Waals surface area contributed by atoms with E-state index in [2.05, 4.69) is 32.0 Å². The van der Waals surface area contributed by atoms with Crippen LogP contribution in [-0.2, 0) is 5.60 Å². The van der Waals surface area contributed by atoms with E-state index in [1.54, 1.807) is 0 Å². The highest BCUT2D eigenvalue weighted by molar-refractivity contribution is 5.28. The minimum atomic E-state index is -0.579. The lowest BCUT2D eigenvalue weighted by atomic mass is 9.72. The summed E-state index contributed by atoms with van der Waals surface area (Å²) in [6, 6.07) is 8.32. The van der Waals surface area contributed by atoms with E-state index in [-0.39, 0.29) is 0 Å². The summed E-state index contributed by atoms with van der Waals surface area (Å²) in [7, 11) is 0. The van der Waals surface area contributed by atoms with Gasteiger partial charge in [0, 0.05) is 0 Å². The Morgan fingerprint density at radius 1 is 1.33 bits per heavy atom. The van der Waals surface area contributed by atoms with Gasteiger partial charge < -0.3 is 5.11 Å². The van der Waals surface area contributed by atoms with Gasteiger partial charge in [0.05, 0.1) is 5.60 Å². The van der Waals surface area contributed by atoms with Crippen molar-refractivity contribution in [3.63, 3.8) is 0 Å². The summed E-state index contributed by atoms with van der Waals surface area (Å²) in [4.78, 5) is 0. The molecule has 0 aliphatic heterocycles. The Bertz CT molecular complexity index is 345. The molecule has 82 valence electrons. The van der Waals surface area contributed by atoms with E-state index < -0.39 is 5.60 Å². The highest BCUT2D eigenvalue weighted by Gasteiger charge is 2.37. The molecule has 0 bridgehead atoms. The summed E-state index contributed by atoms with van der Waals surface area (Å²) in [6.45, 7) is 4.25. The van der Waals surface area contributed by atoms with Crippen LogP contribution >= 0.6 is 0 Å². The standard InChI is InChI=1S/C14H20O/c1-11-6-5-8-13(10-11)14(15)9-4-3-7-12(14)2/h5-6,8,10,12,15H,3-4,7,9H2,1-2H3. The van der Waals surface area contributed by atoms with Crippen LogP contribution in [-0.4, -0.2) is 5.11 Å². The first-order chi connectivity index (χ1) is 7.13. The van der Waals surface area contributed by atoms with Gasteiger partial charge in [0.15, 0.2) is 0 Å². The first-order valence-electron chi connectivity index (χ1n) is 5.92. The third-order valence-electron chi connectivity index (χ3n) is 3.78. The Kier molecular flexibility index (Phi) is 2.83. The molecule has 2 atom stereocenters. The van der Waals surface area contributed by atoms with Crippen molar-refractivity contribution in [3.05, 3.63) is 35.4 Å². The van der Waals surface area contributed by atoms with Gasteiger partial charge in [-0.05, 0) is 31.2 Å². The Morgan fingerprint density at radius 2 is 2.13 bits per heavy atom. The van der Waals surface area contributed by atoms with Gasteiger partial charge in [-0.25, -0.2) is 0 Å². The highest BCUT2D eigenvalue weighted by Crippen LogP contribution is 2.41. The molecule has 1 aromatic carbocycles. The minimum absolute atomic E-state index is 0.382. The summed E-state index contributed by atoms with van der Waals surface area (Å²) in [5.41, 5.74) is 1.76. The van der Waals surface area contributed by atoms with Gasteiger partial charge >= 0.3 is 0 Å². The van der Waals surface area contributed by atoms with Crippen molar-refractivity contribution in [2.24, 2.45) is 5.92 Å². The maximum atomic E-state index is 10.7. The van der Waals surface area contributed by atoms with E-state index in [9.17, 15) is 5.11 Å². The molecule has 1 nitrogen and oxygen atoms in total. The van der Waals surface area contributed by atoms with E-state index in [0.29, 0.717) is 5.92 Å². The number of hydrogen-bond donors (Lipinski definition) is 1. The molecule has 1 fully saturated rings. The average Bonchev–Trinajstić information content (AvgIpc) is 2.23. The van der Waals surface area contributed by atoms with Crippen molar-refractivity contribution in [3.8, 4) is 0 Å². The maximum absolute atomic E-state index is 10.7. The first-order valence-corrected chi connectivity index (χ1v) is 5.92. The molecule has 0 saturated heterocycles. The summed E-state index contributed by atoms with van der Waals surface area (Å²) < 4.78 is 0. The SMILES string of the molecule is Cc1cccc(C2(O)CCCCC2C)c1. The van der Waals surface area contributed by atoms with Crippen LogP contribution in [0.5, 0.6) is 0 Å². The number of rotatable bonds is 1. The van der Waals surface area contributed by atoms with Crippen molar-refractivity contribution >= 4 is 0 Å². The quantitative estimate of drug-likeness (QED) is 0.743. The van der Waals surface area contributed by atoms with Gasteiger partial charge in [0.2, 0.25) is 0 Å². The summed E-state index contributed by atoms with van der Waals surface area (Å²) in [5.74, 6) is 0.382.